The molecule has 0 aliphatic carbocycles. The van der Waals surface area contributed by atoms with E-state index >= 15 is 0 Å². The van der Waals surface area contributed by atoms with E-state index in [9.17, 15) is 10.1 Å². The molecule has 0 radical (unpaired) electrons. The summed E-state index contributed by atoms with van der Waals surface area (Å²) in [4.78, 5) is 14.5. The highest BCUT2D eigenvalue weighted by molar-refractivity contribution is 5.56. The minimum absolute atomic E-state index is 0.0910. The molecular weight excluding hydrogens is 218 g/mol. The standard InChI is InChI=1S/C12H15N3O2/c1-9-12(15(16)17)7-11(8-14-9)6-10-2-4-13-5-3-10/h6-8,13H,2-5H2,1H3. The van der Waals surface area contributed by atoms with E-state index in [1.165, 1.54) is 5.57 Å². The number of rotatable bonds is 2. The van der Waals surface area contributed by atoms with Gasteiger partial charge in [-0.15, -0.1) is 0 Å². The Bertz CT molecular complexity index is 461. The first-order valence-electron chi connectivity index (χ1n) is 5.68. The van der Waals surface area contributed by atoms with Crippen molar-refractivity contribution in [3.8, 4) is 0 Å². The lowest BCUT2D eigenvalue weighted by molar-refractivity contribution is -0.385. The van der Waals surface area contributed by atoms with E-state index in [2.05, 4.69) is 10.3 Å². The number of hydrogen-bond donors (Lipinski definition) is 1. The van der Waals surface area contributed by atoms with Gasteiger partial charge >= 0.3 is 0 Å². The molecule has 90 valence electrons. The Kier molecular flexibility index (Phi) is 3.49. The van der Waals surface area contributed by atoms with Crippen LogP contribution < -0.4 is 5.32 Å². The SMILES string of the molecule is Cc1ncc(C=C2CCNCC2)cc1[N+](=O)[O-]. The van der Waals surface area contributed by atoms with Gasteiger partial charge in [0.25, 0.3) is 5.69 Å². The van der Waals surface area contributed by atoms with Crippen LogP contribution >= 0.6 is 0 Å². The zero-order valence-electron chi connectivity index (χ0n) is 9.77. The quantitative estimate of drug-likeness (QED) is 0.627. The zero-order valence-corrected chi connectivity index (χ0v) is 9.77. The van der Waals surface area contributed by atoms with Crippen LogP contribution in [0.1, 0.15) is 24.1 Å². The Balaban J connectivity index is 2.27. The molecule has 2 rings (SSSR count). The summed E-state index contributed by atoms with van der Waals surface area (Å²) in [6.45, 7) is 3.61. The van der Waals surface area contributed by atoms with Gasteiger partial charge in [0.15, 0.2) is 0 Å². The molecule has 2 heterocycles. The highest BCUT2D eigenvalue weighted by Gasteiger charge is 2.12. The number of piperidine rings is 1. The van der Waals surface area contributed by atoms with Crippen molar-refractivity contribution in [2.45, 2.75) is 19.8 Å². The Morgan fingerprint density at radius 2 is 2.18 bits per heavy atom. The summed E-state index contributed by atoms with van der Waals surface area (Å²) in [5.41, 5.74) is 2.69. The molecule has 17 heavy (non-hydrogen) atoms. The van der Waals surface area contributed by atoms with Crippen LogP contribution in [0.15, 0.2) is 17.8 Å². The minimum atomic E-state index is -0.382. The normalized spacial score (nSPS) is 15.7. The van der Waals surface area contributed by atoms with Crippen molar-refractivity contribution in [2.24, 2.45) is 0 Å². The number of nitrogens with one attached hydrogen (secondary N) is 1. The van der Waals surface area contributed by atoms with Crippen molar-refractivity contribution in [1.82, 2.24) is 10.3 Å². The smallest absolute Gasteiger partial charge is 0.291 e. The molecule has 0 aromatic carbocycles. The van der Waals surface area contributed by atoms with Crippen molar-refractivity contribution < 1.29 is 4.92 Å². The molecule has 1 aliphatic heterocycles. The third-order valence-electron chi connectivity index (χ3n) is 2.89. The lowest BCUT2D eigenvalue weighted by Gasteiger charge is -2.15. The zero-order chi connectivity index (χ0) is 12.3. The second-order valence-electron chi connectivity index (χ2n) is 4.18. The van der Waals surface area contributed by atoms with E-state index in [1.54, 1.807) is 19.2 Å². The summed E-state index contributed by atoms with van der Waals surface area (Å²) in [7, 11) is 0. The van der Waals surface area contributed by atoms with Crippen LogP contribution in [0.25, 0.3) is 6.08 Å². The molecule has 0 atom stereocenters. The summed E-state index contributed by atoms with van der Waals surface area (Å²) >= 11 is 0. The maximum Gasteiger partial charge on any atom is 0.291 e. The lowest BCUT2D eigenvalue weighted by Crippen LogP contribution is -2.22. The van der Waals surface area contributed by atoms with E-state index in [4.69, 9.17) is 0 Å². The first-order valence-corrected chi connectivity index (χ1v) is 5.68. The Morgan fingerprint density at radius 3 is 2.82 bits per heavy atom. The largest absolute Gasteiger partial charge is 0.316 e. The van der Waals surface area contributed by atoms with Gasteiger partial charge in [-0.05, 0) is 38.4 Å². The highest BCUT2D eigenvalue weighted by atomic mass is 16.6. The highest BCUT2D eigenvalue weighted by Crippen LogP contribution is 2.20. The fourth-order valence-corrected chi connectivity index (χ4v) is 1.93. The number of nitrogens with zero attached hydrogens (tertiary/aromatic N) is 2. The Morgan fingerprint density at radius 1 is 1.47 bits per heavy atom. The van der Waals surface area contributed by atoms with Gasteiger partial charge in [0.1, 0.15) is 5.69 Å². The fraction of sp³-hybridized carbons (Fsp3) is 0.417. The molecule has 1 aromatic rings. The molecule has 0 saturated carbocycles. The van der Waals surface area contributed by atoms with E-state index in [0.29, 0.717) is 5.69 Å². The number of nitro groups is 1. The summed E-state index contributed by atoms with van der Waals surface area (Å²) in [5, 5.41) is 14.1. The van der Waals surface area contributed by atoms with Gasteiger partial charge in [0, 0.05) is 12.3 Å². The Labute approximate surface area is 99.7 Å². The van der Waals surface area contributed by atoms with Crippen molar-refractivity contribution in [3.05, 3.63) is 39.2 Å². The molecule has 1 fully saturated rings. The summed E-state index contributed by atoms with van der Waals surface area (Å²) in [5.74, 6) is 0. The van der Waals surface area contributed by atoms with Gasteiger partial charge in [-0.3, -0.25) is 15.1 Å². The van der Waals surface area contributed by atoms with Crippen LogP contribution in [0.5, 0.6) is 0 Å². The molecule has 1 saturated heterocycles. The maximum atomic E-state index is 10.8. The monoisotopic (exact) mass is 233 g/mol. The predicted molar refractivity (Wildman–Crippen MR) is 65.7 cm³/mol. The Hall–Kier alpha value is -1.75. The van der Waals surface area contributed by atoms with Crippen LogP contribution in [-0.2, 0) is 0 Å². The second kappa shape index (κ2) is 5.05. The van der Waals surface area contributed by atoms with Crippen molar-refractivity contribution >= 4 is 11.8 Å². The molecular formula is C12H15N3O2. The third kappa shape index (κ3) is 2.88. The van der Waals surface area contributed by atoms with E-state index in [1.807, 2.05) is 6.08 Å². The molecule has 5 heteroatoms. The van der Waals surface area contributed by atoms with Gasteiger partial charge in [0.2, 0.25) is 0 Å². The van der Waals surface area contributed by atoms with Gasteiger partial charge in [-0.2, -0.15) is 0 Å². The first kappa shape index (κ1) is 11.7. The number of pyridine rings is 1. The van der Waals surface area contributed by atoms with E-state index in [-0.39, 0.29) is 10.6 Å². The molecule has 0 unspecified atom stereocenters. The molecule has 0 amide bonds. The number of aryl methyl sites for hydroxylation is 1. The topological polar surface area (TPSA) is 68.1 Å². The summed E-state index contributed by atoms with van der Waals surface area (Å²) < 4.78 is 0. The molecule has 1 aliphatic rings. The van der Waals surface area contributed by atoms with Crippen LogP contribution in [-0.4, -0.2) is 23.0 Å². The minimum Gasteiger partial charge on any atom is -0.316 e. The molecule has 1 aromatic heterocycles. The summed E-state index contributed by atoms with van der Waals surface area (Å²) in [6.07, 6.45) is 5.71. The van der Waals surface area contributed by atoms with Gasteiger partial charge < -0.3 is 5.32 Å². The van der Waals surface area contributed by atoms with E-state index < -0.39 is 0 Å². The number of hydrogen-bond acceptors (Lipinski definition) is 4. The maximum absolute atomic E-state index is 10.8. The molecule has 0 bridgehead atoms. The van der Waals surface area contributed by atoms with E-state index in [0.717, 1.165) is 31.5 Å². The first-order chi connectivity index (χ1) is 8.16. The average molecular weight is 233 g/mol. The van der Waals surface area contributed by atoms with Crippen molar-refractivity contribution in [1.29, 1.82) is 0 Å². The van der Waals surface area contributed by atoms with Gasteiger partial charge in [-0.1, -0.05) is 11.6 Å². The molecule has 0 spiro atoms. The molecule has 1 N–H and O–H groups in total. The fourth-order valence-electron chi connectivity index (χ4n) is 1.93. The molecule has 5 nitrogen and oxygen atoms in total. The van der Waals surface area contributed by atoms with Crippen LogP contribution in [0.2, 0.25) is 0 Å². The van der Waals surface area contributed by atoms with Crippen LogP contribution in [0, 0.1) is 17.0 Å². The second-order valence-corrected chi connectivity index (χ2v) is 4.18. The predicted octanol–water partition coefficient (Wildman–Crippen LogP) is 2.07. The van der Waals surface area contributed by atoms with Gasteiger partial charge in [-0.25, -0.2) is 0 Å². The number of aromatic nitrogens is 1. The third-order valence-corrected chi connectivity index (χ3v) is 2.89. The van der Waals surface area contributed by atoms with Gasteiger partial charge in [0.05, 0.1) is 4.92 Å². The van der Waals surface area contributed by atoms with Crippen molar-refractivity contribution in [3.63, 3.8) is 0 Å². The van der Waals surface area contributed by atoms with Crippen LogP contribution in [0.4, 0.5) is 5.69 Å². The lowest BCUT2D eigenvalue weighted by atomic mass is 10.0. The average Bonchev–Trinajstić information content (AvgIpc) is 2.32. The van der Waals surface area contributed by atoms with Crippen LogP contribution in [0.3, 0.4) is 0 Å². The van der Waals surface area contributed by atoms with Crippen molar-refractivity contribution in [2.75, 3.05) is 13.1 Å². The summed E-state index contributed by atoms with van der Waals surface area (Å²) in [6, 6.07) is 1.59.